The molecule has 0 N–H and O–H groups in total. The first-order chi connectivity index (χ1) is 67.2. The minimum absolute atomic E-state index is 0.909. The average molecular weight is 1830 g/mol. The van der Waals surface area contributed by atoms with Crippen LogP contribution in [-0.2, 0) is 0 Å². The summed E-state index contributed by atoms with van der Waals surface area (Å²) >= 11 is 0. The Labute approximate surface area is 809 Å². The fraction of sp³-hybridized carbons (Fsp3) is 0.0698. The summed E-state index contributed by atoms with van der Waals surface area (Å²) in [4.78, 5) is 4.73. The summed E-state index contributed by atoms with van der Waals surface area (Å²) in [5.74, 6) is 0. The number of furan rings is 2. The molecule has 0 radical (unpaired) electrons. The van der Waals surface area contributed by atoms with E-state index in [-0.39, 0.29) is 0 Å². The Hall–Kier alpha value is -16.1. The van der Waals surface area contributed by atoms with Gasteiger partial charge in [-0.3, -0.25) is 0 Å². The van der Waals surface area contributed by atoms with Crippen LogP contribution in [0.1, 0.15) is 0 Å². The average Bonchev–Trinajstić information content (AvgIpc) is 1.59. The van der Waals surface area contributed by atoms with Crippen LogP contribution in [0.2, 0.25) is 58.9 Å². The zero-order valence-electron chi connectivity index (χ0n) is 79.1. The minimum Gasteiger partial charge on any atom is -0.456 e. The van der Waals surface area contributed by atoms with Gasteiger partial charge >= 0.3 is 0 Å². The molecule has 0 saturated carbocycles. The molecule has 24 aromatic rings. The van der Waals surface area contributed by atoms with Gasteiger partial charge in [0.2, 0.25) is 0 Å². The number of hydrogen-bond acceptors (Lipinski definition) is 4. The van der Waals surface area contributed by atoms with Crippen molar-refractivity contribution in [1.29, 1.82) is 0 Å². The monoisotopic (exact) mass is 1820 g/mol. The van der Waals surface area contributed by atoms with Crippen LogP contribution in [0, 0.1) is 0 Å². The van der Waals surface area contributed by atoms with E-state index in [9.17, 15) is 0 Å². The van der Waals surface area contributed by atoms with Crippen molar-refractivity contribution in [3.63, 3.8) is 0 Å². The number of benzene rings is 20. The standard InChI is InChI=1S/C66H56N2OSi2.C63H48N2OSi/c1-70(2,3)57-37-23-47(24-38-57)45-15-29-53(30-16-45)67(54-31-17-46(18-32-54)48-25-39-58(40-26-48)71(4,5)6)55-33-19-49(20-34-55)51-28-42-64-62(43-51)59-11-7-9-13-63(59)68(64)56-35-21-50(22-36-56)52-27-41-61-60-12-8-10-14-65(60)69-66(61)44-52;1-67(2,3)55-37-25-46(26-38-55)45-19-31-52(32-20-45)64(51-29-17-44(18-30-51)43-11-5-4-6-12-43)53-33-21-47(22-34-53)49-28-40-61-59(41-49)56-13-7-9-15-60(56)65(61)54-35-23-48(24-36-54)50-27-39-58-57-14-8-10-16-62(57)66-63(58)42-50/h7-44H,1-6H3;4-42H,1-3H3. The zero-order valence-corrected chi connectivity index (χ0v) is 82.1. The molecule has 20 aromatic carbocycles. The smallest absolute Gasteiger partial charge is 0.136 e. The fourth-order valence-corrected chi connectivity index (χ4v) is 23.6. The first kappa shape index (κ1) is 86.0. The quantitative estimate of drug-likeness (QED) is 0.0757. The van der Waals surface area contributed by atoms with Crippen molar-refractivity contribution in [2.45, 2.75) is 58.9 Å². The number of para-hydroxylation sites is 4. The molecule has 0 aliphatic rings. The Morgan fingerprint density at radius 2 is 0.370 bits per heavy atom. The summed E-state index contributed by atoms with van der Waals surface area (Å²) in [6.45, 7) is 21.6. The number of hydrogen-bond donors (Lipinski definition) is 0. The second kappa shape index (κ2) is 35.3. The maximum atomic E-state index is 6.23. The molecular weight excluding hydrogens is 1720 g/mol. The summed E-state index contributed by atoms with van der Waals surface area (Å²) < 4.78 is 17.2. The van der Waals surface area contributed by atoms with E-state index in [2.05, 4.69) is 521 Å². The van der Waals surface area contributed by atoms with Gasteiger partial charge in [-0.05, 0) is 259 Å². The van der Waals surface area contributed by atoms with Crippen molar-refractivity contribution in [3.05, 3.63) is 467 Å². The van der Waals surface area contributed by atoms with E-state index in [0.717, 1.165) is 112 Å². The summed E-state index contributed by atoms with van der Waals surface area (Å²) in [6.07, 6.45) is 0. The lowest BCUT2D eigenvalue weighted by Gasteiger charge is -2.26. The highest BCUT2D eigenvalue weighted by Gasteiger charge is 2.25. The third-order valence-electron chi connectivity index (χ3n) is 27.8. The Kier molecular flexibility index (Phi) is 22.0. The van der Waals surface area contributed by atoms with Crippen LogP contribution in [0.15, 0.2) is 476 Å². The Morgan fingerprint density at radius 3 is 0.667 bits per heavy atom. The van der Waals surface area contributed by atoms with Crippen molar-refractivity contribution in [2.75, 3.05) is 9.80 Å². The third-order valence-corrected chi connectivity index (χ3v) is 34.0. The summed E-state index contributed by atoms with van der Waals surface area (Å²) in [7, 11) is -4.14. The molecule has 0 aliphatic heterocycles. The molecule has 24 rings (SSSR count). The SMILES string of the molecule is C[Si](C)(C)c1ccc(-c2ccc(N(c3ccc(-c4ccc([Si](C)(C)C)cc4)cc3)c3ccc(-c4ccc5c(c4)c4ccccc4n5-c4ccc(-c5ccc6c(c5)oc5ccccc56)cc4)cc3)cc2)cc1.C[Si](C)(C)c1ccc(-c2ccc(N(c3ccc(-c4ccccc4)cc3)c3ccc(-c4ccc5c(c4)c4ccccc4n5-c4ccc(-c5ccc6c(c5)oc5ccccc56)cc4)cc3)cc2)cc1. The molecule has 4 heterocycles. The second-order valence-corrected chi connectivity index (χ2v) is 54.9. The molecule has 4 aromatic heterocycles. The molecule has 6 nitrogen and oxygen atoms in total. The van der Waals surface area contributed by atoms with E-state index in [1.165, 1.54) is 126 Å². The van der Waals surface area contributed by atoms with Gasteiger partial charge in [-0.1, -0.05) is 372 Å². The van der Waals surface area contributed by atoms with E-state index in [0.29, 0.717) is 0 Å². The second-order valence-electron chi connectivity index (χ2n) is 39.7. The van der Waals surface area contributed by atoms with Crippen molar-refractivity contribution in [2.24, 2.45) is 0 Å². The van der Waals surface area contributed by atoms with Gasteiger partial charge in [-0.25, -0.2) is 0 Å². The summed E-state index contributed by atoms with van der Waals surface area (Å²) in [6, 6.07) is 171. The van der Waals surface area contributed by atoms with Crippen LogP contribution in [0.5, 0.6) is 0 Å². The zero-order chi connectivity index (χ0) is 93.5. The number of anilines is 6. The first-order valence-electron chi connectivity index (χ1n) is 48.0. The molecule has 0 aliphatic carbocycles. The highest BCUT2D eigenvalue weighted by atomic mass is 28.3. The van der Waals surface area contributed by atoms with Crippen LogP contribution in [0.4, 0.5) is 34.1 Å². The van der Waals surface area contributed by atoms with Crippen molar-refractivity contribution < 1.29 is 8.83 Å². The van der Waals surface area contributed by atoms with Crippen LogP contribution < -0.4 is 25.4 Å². The molecule has 0 fully saturated rings. The molecule has 9 heteroatoms. The maximum Gasteiger partial charge on any atom is 0.136 e. The molecule has 0 saturated heterocycles. The number of aromatic nitrogens is 2. The minimum atomic E-state index is -1.38. The van der Waals surface area contributed by atoms with E-state index in [1.807, 2.05) is 24.3 Å². The van der Waals surface area contributed by atoms with E-state index >= 15 is 0 Å². The van der Waals surface area contributed by atoms with Gasteiger partial charge in [-0.15, -0.1) is 0 Å². The van der Waals surface area contributed by atoms with Crippen molar-refractivity contribution >= 4 is 161 Å². The lowest BCUT2D eigenvalue weighted by Crippen LogP contribution is -2.37. The maximum absolute atomic E-state index is 6.23. The molecule has 0 atom stereocenters. The number of nitrogens with zero attached hydrogens (tertiary/aromatic N) is 4. The molecular formula is C129H104N4O2Si3. The highest BCUT2D eigenvalue weighted by Crippen LogP contribution is 2.45. The van der Waals surface area contributed by atoms with Gasteiger partial charge in [0.15, 0.2) is 0 Å². The van der Waals surface area contributed by atoms with Gasteiger partial charge in [0.1, 0.15) is 22.3 Å². The van der Waals surface area contributed by atoms with Crippen molar-refractivity contribution in [1.82, 2.24) is 9.13 Å². The van der Waals surface area contributed by atoms with Crippen LogP contribution in [0.25, 0.3) is 188 Å². The molecule has 0 unspecified atom stereocenters. The molecule has 138 heavy (non-hydrogen) atoms. The van der Waals surface area contributed by atoms with E-state index < -0.39 is 24.2 Å². The van der Waals surface area contributed by atoms with Gasteiger partial charge in [0, 0.05) is 88.6 Å². The molecule has 664 valence electrons. The summed E-state index contributed by atoms with van der Waals surface area (Å²) in [5.41, 5.74) is 36.3. The Bertz CT molecular complexity index is 8540. The third kappa shape index (κ3) is 16.5. The fourth-order valence-electron chi connectivity index (χ4n) is 20.1. The van der Waals surface area contributed by atoms with Gasteiger partial charge in [0.25, 0.3) is 0 Å². The molecule has 0 spiro atoms. The normalized spacial score (nSPS) is 11.9. The number of rotatable bonds is 19. The Balaban J connectivity index is 0.000000155. The Morgan fingerprint density at radius 1 is 0.159 bits per heavy atom. The first-order valence-corrected chi connectivity index (χ1v) is 58.5. The molecule has 0 amide bonds. The largest absolute Gasteiger partial charge is 0.456 e. The lowest BCUT2D eigenvalue weighted by molar-refractivity contribution is 0.668. The van der Waals surface area contributed by atoms with Gasteiger partial charge in [-0.2, -0.15) is 0 Å². The van der Waals surface area contributed by atoms with Gasteiger partial charge in [0.05, 0.1) is 46.3 Å². The highest BCUT2D eigenvalue weighted by molar-refractivity contribution is 6.89. The van der Waals surface area contributed by atoms with Crippen molar-refractivity contribution in [3.8, 4) is 100 Å². The van der Waals surface area contributed by atoms with Crippen LogP contribution in [-0.4, -0.2) is 33.4 Å². The topological polar surface area (TPSA) is 42.6 Å². The molecule has 0 bridgehead atoms. The van der Waals surface area contributed by atoms with E-state index in [4.69, 9.17) is 8.83 Å². The van der Waals surface area contributed by atoms with Crippen LogP contribution >= 0.6 is 0 Å². The predicted molar refractivity (Wildman–Crippen MR) is 598 cm³/mol. The summed E-state index contributed by atoms with van der Waals surface area (Å²) in [5, 5.41) is 13.9. The van der Waals surface area contributed by atoms with E-state index in [1.54, 1.807) is 0 Å². The van der Waals surface area contributed by atoms with Gasteiger partial charge < -0.3 is 27.8 Å². The predicted octanol–water partition coefficient (Wildman–Crippen LogP) is 35.3. The lowest BCUT2D eigenvalue weighted by atomic mass is 10.0. The van der Waals surface area contributed by atoms with Crippen LogP contribution in [0.3, 0.4) is 0 Å². The number of fused-ring (bicyclic) bond motifs is 12.